The van der Waals surface area contributed by atoms with Crippen LogP contribution in [0.5, 0.6) is 0 Å². The summed E-state index contributed by atoms with van der Waals surface area (Å²) in [6.07, 6.45) is 6.77. The number of pyridine rings is 1. The molecule has 8 nitrogen and oxygen atoms in total. The van der Waals surface area contributed by atoms with E-state index in [2.05, 4.69) is 39.1 Å². The molecule has 0 radical (unpaired) electrons. The topological polar surface area (TPSA) is 104 Å². The van der Waals surface area contributed by atoms with Crippen LogP contribution in [0.2, 0.25) is 0 Å². The lowest BCUT2D eigenvalue weighted by molar-refractivity contribution is -0.117. The number of rotatable bonds is 9. The summed E-state index contributed by atoms with van der Waals surface area (Å²) in [6.45, 7) is 8.49. The van der Waals surface area contributed by atoms with Gasteiger partial charge >= 0.3 is 0 Å². The molecule has 34 heavy (non-hydrogen) atoms. The molecule has 2 fully saturated rings. The third-order valence-corrected chi connectivity index (χ3v) is 6.56. The standard InChI is InChI=1S/C26H34N6O2/c1-2-24(33)28-21-6-5-16-32(18-21)23-12-11-22(25(27)34)26(30-23)29-20-9-7-19(8-10-20)13-17-31-14-3-4-15-31/h2,7-12,21H,1,3-6,13-18H2,(H2,27,34)(H,28,33)(H,29,30). The largest absolute Gasteiger partial charge is 0.365 e. The number of nitrogens with zero attached hydrogens (tertiary/aromatic N) is 3. The fourth-order valence-corrected chi connectivity index (χ4v) is 4.67. The lowest BCUT2D eigenvalue weighted by atomic mass is 10.1. The normalized spacial score (nSPS) is 18.5. The first-order valence-electron chi connectivity index (χ1n) is 12.1. The second-order valence-corrected chi connectivity index (χ2v) is 9.05. The van der Waals surface area contributed by atoms with Gasteiger partial charge in [-0.15, -0.1) is 0 Å². The number of likely N-dealkylation sites (tertiary alicyclic amines) is 1. The molecule has 2 aliphatic rings. The molecule has 1 unspecified atom stereocenters. The van der Waals surface area contributed by atoms with Crippen molar-refractivity contribution >= 4 is 29.1 Å². The van der Waals surface area contributed by atoms with Crippen LogP contribution in [0, 0.1) is 0 Å². The van der Waals surface area contributed by atoms with Crippen LogP contribution in [0.3, 0.4) is 0 Å². The molecular weight excluding hydrogens is 428 g/mol. The van der Waals surface area contributed by atoms with E-state index in [4.69, 9.17) is 10.7 Å². The Bertz CT molecular complexity index is 1020. The molecule has 4 N–H and O–H groups in total. The van der Waals surface area contributed by atoms with Gasteiger partial charge in [-0.05, 0) is 81.1 Å². The predicted octanol–water partition coefficient (Wildman–Crippen LogP) is 2.83. The number of carbonyl (C=O) groups is 2. The molecule has 0 aliphatic carbocycles. The summed E-state index contributed by atoms with van der Waals surface area (Å²) in [4.78, 5) is 33.1. The molecule has 2 saturated heterocycles. The fraction of sp³-hybridized carbons (Fsp3) is 0.423. The van der Waals surface area contributed by atoms with Crippen molar-refractivity contribution in [2.75, 3.05) is 42.9 Å². The highest BCUT2D eigenvalue weighted by atomic mass is 16.1. The van der Waals surface area contributed by atoms with Crippen molar-refractivity contribution in [2.24, 2.45) is 5.73 Å². The highest BCUT2D eigenvalue weighted by Gasteiger charge is 2.23. The van der Waals surface area contributed by atoms with E-state index >= 15 is 0 Å². The second-order valence-electron chi connectivity index (χ2n) is 9.05. The van der Waals surface area contributed by atoms with Crippen LogP contribution < -0.4 is 21.3 Å². The molecule has 2 aliphatic heterocycles. The number of carbonyl (C=O) groups excluding carboxylic acids is 2. The number of amides is 2. The van der Waals surface area contributed by atoms with Gasteiger partial charge in [0.15, 0.2) is 0 Å². The van der Waals surface area contributed by atoms with Gasteiger partial charge in [-0.25, -0.2) is 4.98 Å². The monoisotopic (exact) mass is 462 g/mol. The molecule has 1 aromatic heterocycles. The van der Waals surface area contributed by atoms with E-state index in [9.17, 15) is 9.59 Å². The minimum Gasteiger partial charge on any atom is -0.365 e. The quantitative estimate of drug-likeness (QED) is 0.495. The van der Waals surface area contributed by atoms with E-state index in [0.717, 1.165) is 43.9 Å². The zero-order valence-corrected chi connectivity index (χ0v) is 19.6. The molecule has 0 spiro atoms. The minimum absolute atomic E-state index is 0.0291. The zero-order chi connectivity index (χ0) is 23.9. The third-order valence-electron chi connectivity index (χ3n) is 6.56. The van der Waals surface area contributed by atoms with Crippen molar-refractivity contribution in [3.05, 3.63) is 60.2 Å². The van der Waals surface area contributed by atoms with Gasteiger partial charge in [-0.1, -0.05) is 18.7 Å². The van der Waals surface area contributed by atoms with E-state index in [1.807, 2.05) is 18.2 Å². The molecule has 2 aromatic rings. The number of nitrogens with one attached hydrogen (secondary N) is 2. The molecule has 4 rings (SSSR count). The molecule has 0 saturated carbocycles. The van der Waals surface area contributed by atoms with Crippen molar-refractivity contribution in [1.29, 1.82) is 0 Å². The van der Waals surface area contributed by atoms with Crippen LogP contribution in [0.4, 0.5) is 17.3 Å². The Hall–Kier alpha value is -3.39. The maximum absolute atomic E-state index is 12.0. The summed E-state index contributed by atoms with van der Waals surface area (Å²) in [7, 11) is 0. The second kappa shape index (κ2) is 11.2. The van der Waals surface area contributed by atoms with E-state index in [-0.39, 0.29) is 11.9 Å². The van der Waals surface area contributed by atoms with E-state index < -0.39 is 5.91 Å². The first-order valence-corrected chi connectivity index (χ1v) is 12.1. The molecule has 3 heterocycles. The molecule has 1 atom stereocenters. The van der Waals surface area contributed by atoms with Crippen LogP contribution >= 0.6 is 0 Å². The summed E-state index contributed by atoms with van der Waals surface area (Å²) in [6, 6.07) is 11.8. The van der Waals surface area contributed by atoms with Crippen molar-refractivity contribution in [3.63, 3.8) is 0 Å². The number of primary amides is 1. The number of piperidine rings is 1. The maximum Gasteiger partial charge on any atom is 0.252 e. The highest BCUT2D eigenvalue weighted by molar-refractivity contribution is 5.98. The summed E-state index contributed by atoms with van der Waals surface area (Å²) in [5.41, 5.74) is 8.10. The van der Waals surface area contributed by atoms with Gasteiger partial charge in [0.1, 0.15) is 11.6 Å². The van der Waals surface area contributed by atoms with Gasteiger partial charge in [0.05, 0.1) is 5.56 Å². The first-order chi connectivity index (χ1) is 16.5. The molecule has 180 valence electrons. The Morgan fingerprint density at radius 2 is 1.85 bits per heavy atom. The van der Waals surface area contributed by atoms with Gasteiger partial charge in [-0.3, -0.25) is 9.59 Å². The predicted molar refractivity (Wildman–Crippen MR) is 135 cm³/mol. The molecular formula is C26H34N6O2. The molecule has 0 bridgehead atoms. The highest BCUT2D eigenvalue weighted by Crippen LogP contribution is 2.25. The van der Waals surface area contributed by atoms with Crippen LogP contribution in [0.25, 0.3) is 0 Å². The summed E-state index contributed by atoms with van der Waals surface area (Å²) >= 11 is 0. The number of hydrogen-bond donors (Lipinski definition) is 3. The van der Waals surface area contributed by atoms with E-state index in [0.29, 0.717) is 17.9 Å². The minimum atomic E-state index is -0.529. The zero-order valence-electron chi connectivity index (χ0n) is 19.6. The van der Waals surface area contributed by atoms with E-state index in [1.54, 1.807) is 6.07 Å². The maximum atomic E-state index is 12.0. The number of benzene rings is 1. The first kappa shape index (κ1) is 23.8. The Balaban J connectivity index is 1.45. The molecule has 1 aromatic carbocycles. The molecule has 8 heteroatoms. The fourth-order valence-electron chi connectivity index (χ4n) is 4.67. The number of nitrogens with two attached hydrogens (primary N) is 1. The SMILES string of the molecule is C=CC(=O)NC1CCCN(c2ccc(C(N)=O)c(Nc3ccc(CCN4CCCC4)cc3)n2)C1. The Morgan fingerprint density at radius 3 is 2.56 bits per heavy atom. The lowest BCUT2D eigenvalue weighted by Crippen LogP contribution is -2.47. The van der Waals surface area contributed by atoms with Gasteiger partial charge in [0.25, 0.3) is 5.91 Å². The Labute approximate surface area is 201 Å². The average Bonchev–Trinajstić information content (AvgIpc) is 3.37. The Morgan fingerprint density at radius 1 is 1.09 bits per heavy atom. The van der Waals surface area contributed by atoms with Gasteiger partial charge in [0.2, 0.25) is 5.91 Å². The summed E-state index contributed by atoms with van der Waals surface area (Å²) in [5.74, 6) is 0.480. The van der Waals surface area contributed by atoms with Crippen LogP contribution in [0.15, 0.2) is 49.1 Å². The van der Waals surface area contributed by atoms with Crippen LogP contribution in [-0.2, 0) is 11.2 Å². The van der Waals surface area contributed by atoms with Gasteiger partial charge in [-0.2, -0.15) is 0 Å². The van der Waals surface area contributed by atoms with E-state index in [1.165, 1.54) is 37.6 Å². The van der Waals surface area contributed by atoms with Gasteiger partial charge < -0.3 is 26.2 Å². The number of hydrogen-bond acceptors (Lipinski definition) is 6. The molecule has 2 amide bonds. The smallest absolute Gasteiger partial charge is 0.252 e. The van der Waals surface area contributed by atoms with Crippen molar-refractivity contribution in [1.82, 2.24) is 15.2 Å². The van der Waals surface area contributed by atoms with Crippen LogP contribution in [0.1, 0.15) is 41.6 Å². The van der Waals surface area contributed by atoms with Crippen molar-refractivity contribution < 1.29 is 9.59 Å². The third kappa shape index (κ3) is 6.14. The summed E-state index contributed by atoms with van der Waals surface area (Å²) in [5, 5.41) is 6.24. The summed E-state index contributed by atoms with van der Waals surface area (Å²) < 4.78 is 0. The van der Waals surface area contributed by atoms with Crippen LogP contribution in [-0.4, -0.2) is 60.5 Å². The average molecular weight is 463 g/mol. The van der Waals surface area contributed by atoms with Crippen molar-refractivity contribution in [2.45, 2.75) is 38.1 Å². The number of anilines is 3. The number of aromatic nitrogens is 1. The lowest BCUT2D eigenvalue weighted by Gasteiger charge is -2.34. The Kier molecular flexibility index (Phi) is 7.80. The van der Waals surface area contributed by atoms with Crippen molar-refractivity contribution in [3.8, 4) is 0 Å². The van der Waals surface area contributed by atoms with Gasteiger partial charge in [0, 0.05) is 31.4 Å².